The van der Waals surface area contributed by atoms with E-state index >= 15 is 0 Å². The lowest BCUT2D eigenvalue weighted by atomic mass is 10.2. The van der Waals surface area contributed by atoms with Crippen LogP contribution < -0.4 is 5.43 Å². The van der Waals surface area contributed by atoms with Crippen molar-refractivity contribution in [2.75, 3.05) is 25.6 Å². The van der Waals surface area contributed by atoms with Gasteiger partial charge >= 0.3 is 0 Å². The quantitative estimate of drug-likeness (QED) is 0.583. The van der Waals surface area contributed by atoms with Crippen molar-refractivity contribution in [2.45, 2.75) is 6.54 Å². The fourth-order valence-corrected chi connectivity index (χ4v) is 1.50. The molecule has 0 aliphatic carbocycles. The van der Waals surface area contributed by atoms with Gasteiger partial charge in [0, 0.05) is 13.1 Å². The predicted molar refractivity (Wildman–Crippen MR) is 72.1 cm³/mol. The number of nitrogens with one attached hydrogen (secondary N) is 1. The van der Waals surface area contributed by atoms with Gasteiger partial charge in [-0.05, 0) is 24.7 Å². The number of rotatable bonds is 6. The molecule has 1 rings (SSSR count). The smallest absolute Gasteiger partial charge is 0.237 e. The third-order valence-corrected chi connectivity index (χ3v) is 2.37. The Morgan fingerprint density at radius 2 is 2.16 bits per heavy atom. The first-order valence-corrected chi connectivity index (χ1v) is 5.72. The number of nitriles is 2. The zero-order chi connectivity index (χ0) is 14.1. The van der Waals surface area contributed by atoms with Crippen molar-refractivity contribution in [2.24, 2.45) is 5.10 Å². The van der Waals surface area contributed by atoms with Crippen LogP contribution in [0, 0.1) is 22.7 Å². The summed E-state index contributed by atoms with van der Waals surface area (Å²) in [5.41, 5.74) is 4.20. The fraction of sp³-hybridized carbons (Fsp3) is 0.308. The predicted octanol–water partition coefficient (Wildman–Crippen LogP) is 0.926. The molecule has 0 atom stereocenters. The Morgan fingerprint density at radius 3 is 2.79 bits per heavy atom. The summed E-state index contributed by atoms with van der Waals surface area (Å²) in [6.07, 6.45) is 0. The van der Waals surface area contributed by atoms with Gasteiger partial charge in [-0.2, -0.15) is 15.6 Å². The average molecular weight is 257 g/mol. The first-order chi connectivity index (χ1) is 9.19. The Morgan fingerprint density at radius 1 is 1.42 bits per heavy atom. The van der Waals surface area contributed by atoms with E-state index in [9.17, 15) is 0 Å². The Hall–Kier alpha value is -2.41. The largest absolute Gasteiger partial charge is 0.395 e. The Bertz CT molecular complexity index is 511. The second-order valence-corrected chi connectivity index (χ2v) is 3.96. The van der Waals surface area contributed by atoms with E-state index in [0.29, 0.717) is 18.8 Å². The van der Waals surface area contributed by atoms with Crippen molar-refractivity contribution in [3.8, 4) is 12.1 Å². The van der Waals surface area contributed by atoms with E-state index < -0.39 is 0 Å². The molecule has 0 radical (unpaired) electrons. The van der Waals surface area contributed by atoms with E-state index in [2.05, 4.69) is 10.5 Å². The molecule has 0 aromatic heterocycles. The average Bonchev–Trinajstić information content (AvgIpc) is 2.40. The first kappa shape index (κ1) is 14.7. The molecule has 1 aromatic rings. The number of likely N-dealkylation sites (N-methyl/N-ethyl adjacent to an activating group) is 1. The van der Waals surface area contributed by atoms with Gasteiger partial charge < -0.3 is 5.11 Å². The molecule has 0 amide bonds. The van der Waals surface area contributed by atoms with Crippen LogP contribution in [0.25, 0.3) is 0 Å². The second-order valence-electron chi connectivity index (χ2n) is 3.96. The van der Waals surface area contributed by atoms with Gasteiger partial charge in [-0.15, -0.1) is 0 Å². The molecule has 6 heteroatoms. The highest BCUT2D eigenvalue weighted by Crippen LogP contribution is 2.12. The van der Waals surface area contributed by atoms with E-state index in [-0.39, 0.29) is 12.3 Å². The van der Waals surface area contributed by atoms with Crippen LogP contribution in [0.4, 0.5) is 5.69 Å². The van der Waals surface area contributed by atoms with E-state index in [1.165, 1.54) is 0 Å². The zero-order valence-electron chi connectivity index (χ0n) is 10.7. The molecule has 0 aliphatic rings. The second kappa shape index (κ2) is 7.83. The molecule has 0 saturated heterocycles. The van der Waals surface area contributed by atoms with Crippen LogP contribution in [0.15, 0.2) is 29.4 Å². The van der Waals surface area contributed by atoms with Gasteiger partial charge in [-0.1, -0.05) is 12.1 Å². The molecule has 0 unspecified atom stereocenters. The molecule has 0 spiro atoms. The Balaban J connectivity index is 2.70. The molecule has 1 aromatic carbocycles. The van der Waals surface area contributed by atoms with Gasteiger partial charge in [0.1, 0.15) is 12.1 Å². The van der Waals surface area contributed by atoms with Gasteiger partial charge in [0.25, 0.3) is 0 Å². The normalized spacial score (nSPS) is 9.53. The lowest BCUT2D eigenvalue weighted by Gasteiger charge is -2.15. The maximum Gasteiger partial charge on any atom is 0.237 e. The molecule has 2 N–H and O–H groups in total. The number of hydrazone groups is 1. The fourth-order valence-electron chi connectivity index (χ4n) is 1.50. The highest BCUT2D eigenvalue weighted by atomic mass is 16.3. The van der Waals surface area contributed by atoms with Crippen LogP contribution in [0.3, 0.4) is 0 Å². The maximum absolute atomic E-state index is 8.84. The Kier molecular flexibility index (Phi) is 6.04. The van der Waals surface area contributed by atoms with Gasteiger partial charge in [0.15, 0.2) is 0 Å². The standard InChI is InChI=1S/C13H15N5O/c1-18(5-6-19)10-11-3-2-4-12(7-11)16-17-13(8-14)9-15/h2-4,7,16,19H,5-6,10H2,1H3. The Labute approximate surface area is 112 Å². The number of nitrogens with zero attached hydrogens (tertiary/aromatic N) is 4. The van der Waals surface area contributed by atoms with Gasteiger partial charge in [0.2, 0.25) is 5.71 Å². The molecule has 0 fully saturated rings. The van der Waals surface area contributed by atoms with Crippen LogP contribution in [-0.4, -0.2) is 35.9 Å². The third kappa shape index (κ3) is 5.17. The van der Waals surface area contributed by atoms with Crippen LogP contribution in [-0.2, 0) is 6.54 Å². The van der Waals surface area contributed by atoms with Crippen LogP contribution in [0.1, 0.15) is 5.56 Å². The molecule has 19 heavy (non-hydrogen) atoms. The highest BCUT2D eigenvalue weighted by molar-refractivity contribution is 6.10. The summed E-state index contributed by atoms with van der Waals surface area (Å²) in [5.74, 6) is 0. The minimum absolute atomic E-state index is 0.117. The third-order valence-electron chi connectivity index (χ3n) is 2.37. The van der Waals surface area contributed by atoms with Crippen molar-refractivity contribution in [1.29, 1.82) is 10.5 Å². The number of hydrogen-bond acceptors (Lipinski definition) is 6. The molecule has 0 aliphatic heterocycles. The molecule has 0 saturated carbocycles. The number of aliphatic hydroxyl groups is 1. The van der Waals surface area contributed by atoms with E-state index in [1.54, 1.807) is 18.2 Å². The first-order valence-electron chi connectivity index (χ1n) is 5.72. The summed E-state index contributed by atoms with van der Waals surface area (Å²) < 4.78 is 0. The number of aliphatic hydroxyl groups excluding tert-OH is 1. The summed E-state index contributed by atoms with van der Waals surface area (Å²) in [4.78, 5) is 1.98. The minimum atomic E-state index is -0.220. The summed E-state index contributed by atoms with van der Waals surface area (Å²) >= 11 is 0. The summed E-state index contributed by atoms with van der Waals surface area (Å²) in [7, 11) is 1.91. The lowest BCUT2D eigenvalue weighted by molar-refractivity contribution is 0.217. The van der Waals surface area contributed by atoms with Crippen LogP contribution >= 0.6 is 0 Å². The van der Waals surface area contributed by atoms with E-state index in [4.69, 9.17) is 15.6 Å². The van der Waals surface area contributed by atoms with Gasteiger partial charge in [-0.3, -0.25) is 10.3 Å². The lowest BCUT2D eigenvalue weighted by Crippen LogP contribution is -2.21. The number of benzene rings is 1. The molecule has 6 nitrogen and oxygen atoms in total. The SMILES string of the molecule is CN(CCO)Cc1cccc(NN=C(C#N)C#N)c1. The van der Waals surface area contributed by atoms with Crippen molar-refractivity contribution >= 4 is 11.4 Å². The van der Waals surface area contributed by atoms with E-state index in [1.807, 2.05) is 30.1 Å². The molecule has 0 heterocycles. The maximum atomic E-state index is 8.84. The van der Waals surface area contributed by atoms with Crippen LogP contribution in [0.2, 0.25) is 0 Å². The van der Waals surface area contributed by atoms with Crippen molar-refractivity contribution < 1.29 is 5.11 Å². The van der Waals surface area contributed by atoms with Crippen molar-refractivity contribution in [3.05, 3.63) is 29.8 Å². The van der Waals surface area contributed by atoms with Gasteiger partial charge in [-0.25, -0.2) is 0 Å². The molecular weight excluding hydrogens is 242 g/mol. The number of hydrogen-bond donors (Lipinski definition) is 2. The minimum Gasteiger partial charge on any atom is -0.395 e. The summed E-state index contributed by atoms with van der Waals surface area (Å²) in [6.45, 7) is 1.42. The van der Waals surface area contributed by atoms with E-state index in [0.717, 1.165) is 5.56 Å². The topological polar surface area (TPSA) is 95.4 Å². The molecular formula is C13H15N5O. The molecule has 98 valence electrons. The van der Waals surface area contributed by atoms with Crippen LogP contribution in [0.5, 0.6) is 0 Å². The van der Waals surface area contributed by atoms with Gasteiger partial charge in [0.05, 0.1) is 12.3 Å². The van der Waals surface area contributed by atoms with Crippen molar-refractivity contribution in [1.82, 2.24) is 4.90 Å². The van der Waals surface area contributed by atoms with Crippen molar-refractivity contribution in [3.63, 3.8) is 0 Å². The highest BCUT2D eigenvalue weighted by Gasteiger charge is 2.01. The number of anilines is 1. The zero-order valence-corrected chi connectivity index (χ0v) is 10.7. The summed E-state index contributed by atoms with van der Waals surface area (Å²) in [5, 5.41) is 29.6. The summed E-state index contributed by atoms with van der Waals surface area (Å²) in [6, 6.07) is 10.8. The molecule has 0 bridgehead atoms. The monoisotopic (exact) mass is 257 g/mol.